The molecule has 0 saturated heterocycles. The Morgan fingerprint density at radius 3 is 2.55 bits per heavy atom. The molecule has 2 rings (SSSR count). The molecule has 0 aliphatic rings. The molecule has 2 aromatic carbocycles. The van der Waals surface area contributed by atoms with E-state index in [9.17, 15) is 4.79 Å². The first-order chi connectivity index (χ1) is 10.5. The van der Waals surface area contributed by atoms with Crippen LogP contribution in [0.2, 0.25) is 0 Å². The summed E-state index contributed by atoms with van der Waals surface area (Å²) in [6, 6.07) is 14.7. The minimum atomic E-state index is -0.133. The van der Waals surface area contributed by atoms with E-state index in [1.165, 1.54) is 0 Å². The Morgan fingerprint density at radius 1 is 1.18 bits per heavy atom. The average molecular weight is 362 g/mol. The van der Waals surface area contributed by atoms with Gasteiger partial charge in [0.1, 0.15) is 5.75 Å². The lowest BCUT2D eigenvalue weighted by atomic mass is 10.1. The number of benzene rings is 2. The van der Waals surface area contributed by atoms with Gasteiger partial charge in [0.15, 0.2) is 0 Å². The van der Waals surface area contributed by atoms with Crippen LogP contribution in [-0.4, -0.2) is 12.5 Å². The first-order valence-corrected chi connectivity index (χ1v) is 8.13. The second-order valence-electron chi connectivity index (χ2n) is 5.52. The summed E-state index contributed by atoms with van der Waals surface area (Å²) in [6.07, 6.45) is 1.02. The summed E-state index contributed by atoms with van der Waals surface area (Å²) in [4.78, 5) is 12.2. The molecule has 22 heavy (non-hydrogen) atoms. The summed E-state index contributed by atoms with van der Waals surface area (Å²) >= 11 is 3.38. The van der Waals surface area contributed by atoms with Gasteiger partial charge in [-0.3, -0.25) is 4.79 Å². The van der Waals surface area contributed by atoms with Gasteiger partial charge in [-0.2, -0.15) is 0 Å². The molecule has 0 unspecified atom stereocenters. The fraction of sp³-hybridized carbons (Fsp3) is 0.278. The van der Waals surface area contributed by atoms with E-state index >= 15 is 0 Å². The van der Waals surface area contributed by atoms with Crippen LogP contribution in [0, 0.1) is 5.92 Å². The van der Waals surface area contributed by atoms with E-state index in [-0.39, 0.29) is 5.91 Å². The van der Waals surface area contributed by atoms with Crippen molar-refractivity contribution in [2.24, 2.45) is 5.92 Å². The predicted octanol–water partition coefficient (Wildman–Crippen LogP) is 5.13. The number of nitrogens with one attached hydrogen (secondary N) is 1. The van der Waals surface area contributed by atoms with Crippen LogP contribution in [0.1, 0.15) is 30.6 Å². The van der Waals surface area contributed by atoms with Gasteiger partial charge >= 0.3 is 0 Å². The maximum Gasteiger partial charge on any atom is 0.255 e. The third kappa shape index (κ3) is 5.19. The normalized spacial score (nSPS) is 10.5. The summed E-state index contributed by atoms with van der Waals surface area (Å²) in [6.45, 7) is 5.03. The molecule has 0 spiro atoms. The molecule has 0 aliphatic carbocycles. The number of carbonyl (C=O) groups excluding carboxylic acids is 1. The van der Waals surface area contributed by atoms with Gasteiger partial charge in [0.2, 0.25) is 0 Å². The summed E-state index contributed by atoms with van der Waals surface area (Å²) in [5.74, 6) is 1.28. The van der Waals surface area contributed by atoms with Gasteiger partial charge in [-0.25, -0.2) is 0 Å². The van der Waals surface area contributed by atoms with Crippen LogP contribution >= 0.6 is 15.9 Å². The Kier molecular flexibility index (Phi) is 6.01. The SMILES string of the molecule is CC(C)CCOc1ccc(C(=O)Nc2cccc(Br)c2)cc1. The highest BCUT2D eigenvalue weighted by Gasteiger charge is 2.06. The highest BCUT2D eigenvalue weighted by Crippen LogP contribution is 2.18. The number of anilines is 1. The van der Waals surface area contributed by atoms with Crippen molar-refractivity contribution in [3.05, 3.63) is 58.6 Å². The molecule has 1 N–H and O–H groups in total. The van der Waals surface area contributed by atoms with Gasteiger partial charge in [0.25, 0.3) is 5.91 Å². The molecule has 3 nitrogen and oxygen atoms in total. The zero-order valence-electron chi connectivity index (χ0n) is 12.8. The minimum Gasteiger partial charge on any atom is -0.494 e. The first kappa shape index (κ1) is 16.6. The Bertz CT molecular complexity index is 623. The van der Waals surface area contributed by atoms with Crippen molar-refractivity contribution in [2.75, 3.05) is 11.9 Å². The molecule has 2 aromatic rings. The van der Waals surface area contributed by atoms with E-state index in [2.05, 4.69) is 35.1 Å². The van der Waals surface area contributed by atoms with Gasteiger partial charge in [0, 0.05) is 15.7 Å². The highest BCUT2D eigenvalue weighted by atomic mass is 79.9. The Balaban J connectivity index is 1.93. The molecule has 1 amide bonds. The molecule has 0 bridgehead atoms. The van der Waals surface area contributed by atoms with E-state index in [1.807, 2.05) is 36.4 Å². The van der Waals surface area contributed by atoms with E-state index < -0.39 is 0 Å². The molecule has 0 aliphatic heterocycles. The van der Waals surface area contributed by atoms with Crippen molar-refractivity contribution in [2.45, 2.75) is 20.3 Å². The maximum absolute atomic E-state index is 12.2. The quantitative estimate of drug-likeness (QED) is 0.774. The van der Waals surface area contributed by atoms with Crippen LogP contribution in [0.15, 0.2) is 53.0 Å². The van der Waals surface area contributed by atoms with Crippen molar-refractivity contribution in [3.63, 3.8) is 0 Å². The van der Waals surface area contributed by atoms with Crippen LogP contribution < -0.4 is 10.1 Å². The second-order valence-corrected chi connectivity index (χ2v) is 6.44. The summed E-state index contributed by atoms with van der Waals surface area (Å²) in [7, 11) is 0. The predicted molar refractivity (Wildman–Crippen MR) is 93.5 cm³/mol. The van der Waals surface area contributed by atoms with Crippen molar-refractivity contribution in [1.29, 1.82) is 0 Å². The fourth-order valence-corrected chi connectivity index (χ4v) is 2.28. The first-order valence-electron chi connectivity index (χ1n) is 7.34. The van der Waals surface area contributed by atoms with Crippen LogP contribution in [0.4, 0.5) is 5.69 Å². The molecule has 116 valence electrons. The number of ether oxygens (including phenoxy) is 1. The molecule has 0 atom stereocenters. The zero-order chi connectivity index (χ0) is 15.9. The number of hydrogen-bond donors (Lipinski definition) is 1. The van der Waals surface area contributed by atoms with Gasteiger partial charge in [-0.1, -0.05) is 35.8 Å². The average Bonchev–Trinajstić information content (AvgIpc) is 2.47. The van der Waals surface area contributed by atoms with Crippen molar-refractivity contribution >= 4 is 27.5 Å². The van der Waals surface area contributed by atoms with E-state index in [4.69, 9.17) is 4.74 Å². The lowest BCUT2D eigenvalue weighted by Crippen LogP contribution is -2.11. The number of rotatable bonds is 6. The number of carbonyl (C=O) groups is 1. The molecule has 0 aromatic heterocycles. The summed E-state index contributed by atoms with van der Waals surface area (Å²) < 4.78 is 6.58. The van der Waals surface area contributed by atoms with Crippen LogP contribution in [0.25, 0.3) is 0 Å². The van der Waals surface area contributed by atoms with Gasteiger partial charge in [-0.05, 0) is 54.8 Å². The molecular weight excluding hydrogens is 342 g/mol. The molecule has 0 fully saturated rings. The topological polar surface area (TPSA) is 38.3 Å². The Labute approximate surface area is 139 Å². The lowest BCUT2D eigenvalue weighted by Gasteiger charge is -2.09. The molecule has 0 radical (unpaired) electrons. The fourth-order valence-electron chi connectivity index (χ4n) is 1.88. The number of hydrogen-bond acceptors (Lipinski definition) is 2. The monoisotopic (exact) mass is 361 g/mol. The minimum absolute atomic E-state index is 0.133. The van der Waals surface area contributed by atoms with E-state index in [0.717, 1.165) is 22.3 Å². The van der Waals surface area contributed by atoms with Crippen LogP contribution in [0.3, 0.4) is 0 Å². The summed E-state index contributed by atoms with van der Waals surface area (Å²) in [5, 5.41) is 2.87. The third-order valence-electron chi connectivity index (χ3n) is 3.16. The van der Waals surface area contributed by atoms with E-state index in [0.29, 0.717) is 18.1 Å². The zero-order valence-corrected chi connectivity index (χ0v) is 14.4. The molecular formula is C18H20BrNO2. The van der Waals surface area contributed by atoms with Gasteiger partial charge in [0.05, 0.1) is 6.61 Å². The van der Waals surface area contributed by atoms with E-state index in [1.54, 1.807) is 12.1 Å². The van der Waals surface area contributed by atoms with Crippen LogP contribution in [0.5, 0.6) is 5.75 Å². The smallest absolute Gasteiger partial charge is 0.255 e. The highest BCUT2D eigenvalue weighted by molar-refractivity contribution is 9.10. The Hall–Kier alpha value is -1.81. The second kappa shape index (κ2) is 7.99. The standard InChI is InChI=1S/C18H20BrNO2/c1-13(2)10-11-22-17-8-6-14(7-9-17)18(21)20-16-5-3-4-15(19)12-16/h3-9,12-13H,10-11H2,1-2H3,(H,20,21). The summed E-state index contributed by atoms with van der Waals surface area (Å²) in [5.41, 5.74) is 1.37. The Morgan fingerprint density at radius 2 is 1.91 bits per heavy atom. The molecule has 4 heteroatoms. The number of amides is 1. The van der Waals surface area contributed by atoms with Crippen LogP contribution in [-0.2, 0) is 0 Å². The third-order valence-corrected chi connectivity index (χ3v) is 3.66. The van der Waals surface area contributed by atoms with Crippen molar-refractivity contribution < 1.29 is 9.53 Å². The lowest BCUT2D eigenvalue weighted by molar-refractivity contribution is 0.102. The number of halogens is 1. The van der Waals surface area contributed by atoms with Crippen molar-refractivity contribution in [1.82, 2.24) is 0 Å². The van der Waals surface area contributed by atoms with Crippen molar-refractivity contribution in [3.8, 4) is 5.75 Å². The maximum atomic E-state index is 12.2. The van der Waals surface area contributed by atoms with Gasteiger partial charge < -0.3 is 10.1 Å². The largest absolute Gasteiger partial charge is 0.494 e. The molecule has 0 saturated carbocycles. The van der Waals surface area contributed by atoms with Gasteiger partial charge in [-0.15, -0.1) is 0 Å². The molecule has 0 heterocycles.